The number of aromatic nitrogens is 5. The Morgan fingerprint density at radius 1 is 1.14 bits per heavy atom. The maximum Gasteiger partial charge on any atom is 0.243 e. The molecule has 0 atom stereocenters. The summed E-state index contributed by atoms with van der Waals surface area (Å²) in [5.74, 6) is -0.580. The van der Waals surface area contributed by atoms with Crippen LogP contribution in [0.15, 0.2) is 60.1 Å². The van der Waals surface area contributed by atoms with Crippen molar-refractivity contribution in [3.63, 3.8) is 0 Å². The number of benzene rings is 1. The monoisotopic (exact) mass is 397 g/mol. The van der Waals surface area contributed by atoms with E-state index in [2.05, 4.69) is 20.1 Å². The minimum atomic E-state index is -3.73. The molecule has 1 N–H and O–H groups in total. The summed E-state index contributed by atoms with van der Waals surface area (Å²) in [7, 11) is -3.73. The fourth-order valence-electron chi connectivity index (χ4n) is 3.17. The largest absolute Gasteiger partial charge is 0.346 e. The molecule has 1 aromatic carbocycles. The van der Waals surface area contributed by atoms with Crippen molar-refractivity contribution >= 4 is 21.1 Å². The van der Waals surface area contributed by atoms with Crippen LogP contribution >= 0.6 is 0 Å². The molecule has 3 aromatic heterocycles. The van der Waals surface area contributed by atoms with Crippen molar-refractivity contribution in [3.05, 3.63) is 67.1 Å². The standard InChI is InChI=1S/C18H14FN6O2S/c19-13-2-1-3-15(6-13)28(26,27)24-9-14(10-24)25-8-12(7-23-25)17-16-4-5-20-18(16)22-11-21-17/h1-8,11H,9-10H2,(H,20,21,22). The van der Waals surface area contributed by atoms with E-state index in [0.29, 0.717) is 0 Å². The first kappa shape index (κ1) is 17.0. The predicted octanol–water partition coefficient (Wildman–Crippen LogP) is 2.05. The third-order valence-electron chi connectivity index (χ3n) is 4.69. The lowest BCUT2D eigenvalue weighted by Crippen LogP contribution is -2.51. The summed E-state index contributed by atoms with van der Waals surface area (Å²) in [6.45, 7) is 0.395. The molecule has 10 heteroatoms. The van der Waals surface area contributed by atoms with Gasteiger partial charge in [0.1, 0.15) is 23.8 Å². The van der Waals surface area contributed by atoms with Crippen LogP contribution in [-0.2, 0) is 10.0 Å². The van der Waals surface area contributed by atoms with Crippen molar-refractivity contribution in [3.8, 4) is 11.3 Å². The molecule has 4 aromatic rings. The van der Waals surface area contributed by atoms with E-state index in [1.165, 1.54) is 28.8 Å². The molecule has 0 spiro atoms. The smallest absolute Gasteiger partial charge is 0.243 e. The van der Waals surface area contributed by atoms with Crippen molar-refractivity contribution in [1.82, 2.24) is 29.0 Å². The Bertz CT molecular complexity index is 1280. The Labute approximate surface area is 159 Å². The summed E-state index contributed by atoms with van der Waals surface area (Å²) >= 11 is 0. The van der Waals surface area contributed by atoms with E-state index in [1.807, 2.05) is 12.3 Å². The molecule has 0 amide bonds. The minimum absolute atomic E-state index is 0.0523. The van der Waals surface area contributed by atoms with Crippen LogP contribution in [0, 0.1) is 11.9 Å². The quantitative estimate of drug-likeness (QED) is 0.568. The highest BCUT2D eigenvalue weighted by atomic mass is 32.2. The van der Waals surface area contributed by atoms with Gasteiger partial charge >= 0.3 is 0 Å². The minimum Gasteiger partial charge on any atom is -0.346 e. The molecule has 4 heterocycles. The number of fused-ring (bicyclic) bond motifs is 1. The second kappa shape index (κ2) is 6.21. The van der Waals surface area contributed by atoms with Crippen molar-refractivity contribution < 1.29 is 12.8 Å². The van der Waals surface area contributed by atoms with Crippen LogP contribution in [0.3, 0.4) is 0 Å². The molecule has 5 rings (SSSR count). The van der Waals surface area contributed by atoms with Gasteiger partial charge in [0, 0.05) is 36.4 Å². The summed E-state index contributed by atoms with van der Waals surface area (Å²) in [6, 6.07) is 7.73. The van der Waals surface area contributed by atoms with Crippen molar-refractivity contribution in [1.29, 1.82) is 0 Å². The number of aromatic amines is 1. The first-order valence-corrected chi connectivity index (χ1v) is 9.90. The highest BCUT2D eigenvalue weighted by Crippen LogP contribution is 2.30. The molecule has 28 heavy (non-hydrogen) atoms. The third kappa shape index (κ3) is 2.69. The van der Waals surface area contributed by atoms with Crippen LogP contribution in [0.4, 0.5) is 4.39 Å². The van der Waals surface area contributed by atoms with Gasteiger partial charge in [-0.3, -0.25) is 4.68 Å². The summed E-state index contributed by atoms with van der Waals surface area (Å²) < 4.78 is 41.5. The molecule has 0 unspecified atom stereocenters. The van der Waals surface area contributed by atoms with Crippen LogP contribution < -0.4 is 0 Å². The van der Waals surface area contributed by atoms with Crippen LogP contribution in [0.25, 0.3) is 22.3 Å². The number of nitrogens with one attached hydrogen (secondary N) is 1. The lowest BCUT2D eigenvalue weighted by atomic mass is 10.1. The molecule has 1 aliphatic rings. The Morgan fingerprint density at radius 2 is 2.00 bits per heavy atom. The molecular weight excluding hydrogens is 383 g/mol. The fourth-order valence-corrected chi connectivity index (χ4v) is 4.62. The van der Waals surface area contributed by atoms with Gasteiger partial charge in [-0.2, -0.15) is 9.40 Å². The molecule has 0 bridgehead atoms. The van der Waals surface area contributed by atoms with Crippen LogP contribution in [0.5, 0.6) is 0 Å². The number of halogens is 1. The van der Waals surface area contributed by atoms with Crippen molar-refractivity contribution in [2.75, 3.05) is 13.1 Å². The molecular formula is C18H14FN6O2S. The van der Waals surface area contributed by atoms with Gasteiger partial charge in [-0.05, 0) is 24.3 Å². The summed E-state index contributed by atoms with van der Waals surface area (Å²) in [5, 5.41) is 5.22. The maximum atomic E-state index is 13.4. The van der Waals surface area contributed by atoms with E-state index in [9.17, 15) is 12.8 Å². The molecule has 1 radical (unpaired) electrons. The number of sulfonamides is 1. The van der Waals surface area contributed by atoms with Gasteiger partial charge < -0.3 is 4.98 Å². The highest BCUT2D eigenvalue weighted by Gasteiger charge is 2.39. The van der Waals surface area contributed by atoms with E-state index in [-0.39, 0.29) is 18.0 Å². The summed E-state index contributed by atoms with van der Waals surface area (Å²) in [4.78, 5) is 11.5. The van der Waals surface area contributed by atoms with Crippen LogP contribution in [0.1, 0.15) is 0 Å². The number of nitrogens with zero attached hydrogens (tertiary/aromatic N) is 5. The Morgan fingerprint density at radius 3 is 2.82 bits per heavy atom. The highest BCUT2D eigenvalue weighted by molar-refractivity contribution is 7.89. The normalized spacial score (nSPS) is 15.8. The number of H-pyrrole nitrogens is 1. The van der Waals surface area contributed by atoms with Gasteiger partial charge in [0.05, 0.1) is 16.8 Å². The predicted molar refractivity (Wildman–Crippen MR) is 98.9 cm³/mol. The molecule has 1 saturated heterocycles. The van der Waals surface area contributed by atoms with Crippen molar-refractivity contribution in [2.24, 2.45) is 0 Å². The molecule has 141 valence electrons. The number of rotatable bonds is 4. The lowest BCUT2D eigenvalue weighted by Gasteiger charge is -2.37. The Kier molecular flexibility index (Phi) is 3.78. The second-order valence-corrected chi connectivity index (χ2v) is 8.37. The van der Waals surface area contributed by atoms with Gasteiger partial charge in [0.15, 0.2) is 0 Å². The van der Waals surface area contributed by atoms with Crippen molar-refractivity contribution in [2.45, 2.75) is 4.90 Å². The SMILES string of the molecule is O=S(=O)(c1cccc(F)c1)N1C[C](n2cc(-c3ncnc4[nH]ccc34)cn2)C1. The molecule has 0 saturated carbocycles. The van der Waals surface area contributed by atoms with E-state index in [1.54, 1.807) is 17.1 Å². The van der Waals surface area contributed by atoms with Gasteiger partial charge in [-0.15, -0.1) is 0 Å². The lowest BCUT2D eigenvalue weighted by molar-refractivity contribution is 0.303. The molecule has 1 fully saturated rings. The number of hydrogen-bond donors (Lipinski definition) is 1. The number of hydrogen-bond acceptors (Lipinski definition) is 5. The first-order valence-electron chi connectivity index (χ1n) is 8.46. The molecule has 8 nitrogen and oxygen atoms in total. The third-order valence-corrected chi connectivity index (χ3v) is 6.47. The summed E-state index contributed by atoms with van der Waals surface area (Å²) in [6.07, 6.45) is 6.78. The van der Waals surface area contributed by atoms with E-state index in [0.717, 1.165) is 34.4 Å². The Hall–Kier alpha value is -3.11. The van der Waals surface area contributed by atoms with Gasteiger partial charge in [-0.1, -0.05) is 6.07 Å². The zero-order valence-electron chi connectivity index (χ0n) is 14.4. The average Bonchev–Trinajstić information content (AvgIpc) is 3.29. The van der Waals surface area contributed by atoms with Crippen LogP contribution in [-0.4, -0.2) is 50.5 Å². The van der Waals surface area contributed by atoms with Gasteiger partial charge in [0.25, 0.3) is 0 Å². The average molecular weight is 397 g/mol. The summed E-state index contributed by atoms with van der Waals surface area (Å²) in [5.41, 5.74) is 2.30. The fraction of sp³-hybridized carbons (Fsp3) is 0.111. The van der Waals surface area contributed by atoms with E-state index in [4.69, 9.17) is 0 Å². The van der Waals surface area contributed by atoms with Gasteiger partial charge in [-0.25, -0.2) is 22.8 Å². The van der Waals surface area contributed by atoms with E-state index < -0.39 is 15.8 Å². The zero-order valence-corrected chi connectivity index (χ0v) is 15.3. The van der Waals surface area contributed by atoms with Gasteiger partial charge in [0.2, 0.25) is 10.0 Å². The Balaban J connectivity index is 1.36. The first-order chi connectivity index (χ1) is 13.5. The maximum absolute atomic E-state index is 13.4. The zero-order chi connectivity index (χ0) is 19.3. The topological polar surface area (TPSA) is 96.8 Å². The molecule has 0 aliphatic carbocycles. The van der Waals surface area contributed by atoms with E-state index >= 15 is 0 Å². The molecule has 1 aliphatic heterocycles. The van der Waals surface area contributed by atoms with Crippen LogP contribution in [0.2, 0.25) is 0 Å². The second-order valence-electron chi connectivity index (χ2n) is 6.43.